The van der Waals surface area contributed by atoms with Crippen LogP contribution < -0.4 is 9.80 Å². The topological polar surface area (TPSA) is 6.48 Å². The Morgan fingerprint density at radius 1 is 0.288 bits per heavy atom. The Kier molecular flexibility index (Phi) is 8.61. The van der Waals surface area contributed by atoms with Crippen molar-refractivity contribution in [3.8, 4) is 11.1 Å². The number of benzene rings is 8. The van der Waals surface area contributed by atoms with E-state index in [0.717, 1.165) is 22.7 Å². The largest absolute Gasteiger partial charge is 0.310 e. The second-order valence-electron chi connectivity index (χ2n) is 14.3. The van der Waals surface area contributed by atoms with E-state index >= 15 is 0 Å². The normalized spacial score (nSPS) is 11.3. The van der Waals surface area contributed by atoms with Gasteiger partial charge in [-0.3, -0.25) is 0 Å². The zero-order valence-electron chi connectivity index (χ0n) is 30.9. The molecule has 0 aliphatic heterocycles. The van der Waals surface area contributed by atoms with Crippen LogP contribution in [0.4, 0.5) is 34.1 Å². The first-order valence-electron chi connectivity index (χ1n) is 18.2. The summed E-state index contributed by atoms with van der Waals surface area (Å²) in [5, 5.41) is 4.93. The van der Waals surface area contributed by atoms with Gasteiger partial charge in [-0.15, -0.1) is 0 Å². The van der Waals surface area contributed by atoms with Crippen molar-refractivity contribution in [3.05, 3.63) is 191 Å². The van der Waals surface area contributed by atoms with Gasteiger partial charge in [0, 0.05) is 33.5 Å². The van der Waals surface area contributed by atoms with Crippen molar-refractivity contribution in [1.82, 2.24) is 0 Å². The molecule has 0 amide bonds. The Morgan fingerprint density at radius 3 is 0.808 bits per heavy atom. The zero-order valence-corrected chi connectivity index (χ0v) is 30.9. The van der Waals surface area contributed by atoms with Crippen molar-refractivity contribution < 1.29 is 0 Å². The summed E-state index contributed by atoms with van der Waals surface area (Å²) in [6.07, 6.45) is 0. The fourth-order valence-electron chi connectivity index (χ4n) is 7.65. The molecule has 0 bridgehead atoms. The lowest BCUT2D eigenvalue weighted by Gasteiger charge is -2.30. The minimum atomic E-state index is 1.14. The zero-order chi connectivity index (χ0) is 35.9. The Bertz CT molecular complexity index is 2270. The average Bonchev–Trinajstić information content (AvgIpc) is 3.15. The predicted molar refractivity (Wildman–Crippen MR) is 225 cm³/mol. The van der Waals surface area contributed by atoms with Gasteiger partial charge in [-0.1, -0.05) is 119 Å². The number of fused-ring (bicyclic) bond motifs is 2. The van der Waals surface area contributed by atoms with E-state index in [2.05, 4.69) is 209 Å². The standard InChI is InChI=1S/C50H44N2/c1-33-15-23-39(24-16-33)51(40-25-17-34(2)18-26-40)47-31-37(5)49(45-13-9-7-11-43(45)47)50-38(6)32-48(44-12-8-10-14-46(44)50)52(41-27-19-35(3)20-28-41)42-29-21-36(4)22-30-42/h7-32H,1-6H3. The summed E-state index contributed by atoms with van der Waals surface area (Å²) in [4.78, 5) is 4.82. The molecule has 2 nitrogen and oxygen atoms in total. The first-order valence-corrected chi connectivity index (χ1v) is 18.2. The third-order valence-electron chi connectivity index (χ3n) is 10.3. The Hall–Kier alpha value is -6.12. The van der Waals surface area contributed by atoms with Gasteiger partial charge in [0.15, 0.2) is 0 Å². The average molecular weight is 673 g/mol. The Morgan fingerprint density at radius 2 is 0.538 bits per heavy atom. The van der Waals surface area contributed by atoms with Crippen molar-refractivity contribution in [2.24, 2.45) is 0 Å². The molecule has 0 saturated carbocycles. The van der Waals surface area contributed by atoms with E-state index in [1.807, 2.05) is 0 Å². The fourth-order valence-corrected chi connectivity index (χ4v) is 7.65. The molecule has 8 rings (SSSR count). The lowest BCUT2D eigenvalue weighted by Crippen LogP contribution is -2.12. The monoisotopic (exact) mass is 672 g/mol. The van der Waals surface area contributed by atoms with Gasteiger partial charge in [0.25, 0.3) is 0 Å². The highest BCUT2D eigenvalue weighted by atomic mass is 15.1. The van der Waals surface area contributed by atoms with Gasteiger partial charge in [0.2, 0.25) is 0 Å². The molecule has 0 N–H and O–H groups in total. The predicted octanol–water partition coefficient (Wildman–Crippen LogP) is 14.5. The number of hydrogen-bond acceptors (Lipinski definition) is 2. The van der Waals surface area contributed by atoms with Crippen LogP contribution in [0.1, 0.15) is 33.4 Å². The lowest BCUT2D eigenvalue weighted by molar-refractivity contribution is 1.27. The number of rotatable bonds is 7. The van der Waals surface area contributed by atoms with Gasteiger partial charge >= 0.3 is 0 Å². The maximum atomic E-state index is 2.41. The summed E-state index contributed by atoms with van der Waals surface area (Å²) < 4.78 is 0. The smallest absolute Gasteiger partial charge is 0.0543 e. The summed E-state index contributed by atoms with van der Waals surface area (Å²) in [6.45, 7) is 13.1. The third kappa shape index (κ3) is 6.01. The number of aryl methyl sites for hydroxylation is 6. The highest BCUT2D eigenvalue weighted by molar-refractivity contribution is 6.15. The number of anilines is 6. The molecule has 0 heterocycles. The van der Waals surface area contributed by atoms with Crippen LogP contribution in [-0.4, -0.2) is 0 Å². The second kappa shape index (κ2) is 13.5. The summed E-state index contributed by atoms with van der Waals surface area (Å²) in [5.74, 6) is 0. The molecule has 8 aromatic carbocycles. The van der Waals surface area contributed by atoms with Gasteiger partial charge in [0.1, 0.15) is 0 Å². The van der Waals surface area contributed by atoms with Crippen LogP contribution in [0.2, 0.25) is 0 Å². The summed E-state index contributed by atoms with van der Waals surface area (Å²) in [5.41, 5.74) is 17.0. The van der Waals surface area contributed by atoms with E-state index in [-0.39, 0.29) is 0 Å². The molecular formula is C50H44N2. The molecule has 0 aliphatic rings. The van der Waals surface area contributed by atoms with Gasteiger partial charge in [-0.05, 0) is 135 Å². The number of nitrogens with zero attached hydrogens (tertiary/aromatic N) is 2. The van der Waals surface area contributed by atoms with Crippen LogP contribution in [0.15, 0.2) is 158 Å². The van der Waals surface area contributed by atoms with Gasteiger partial charge in [0.05, 0.1) is 11.4 Å². The van der Waals surface area contributed by atoms with Crippen molar-refractivity contribution in [3.63, 3.8) is 0 Å². The van der Waals surface area contributed by atoms with Crippen LogP contribution in [-0.2, 0) is 0 Å². The fraction of sp³-hybridized carbons (Fsp3) is 0.120. The molecule has 0 fully saturated rings. The molecule has 0 unspecified atom stereocenters. The summed E-state index contributed by atoms with van der Waals surface area (Å²) in [7, 11) is 0. The maximum Gasteiger partial charge on any atom is 0.0543 e. The highest BCUT2D eigenvalue weighted by Crippen LogP contribution is 2.48. The minimum absolute atomic E-state index is 1.14. The van der Waals surface area contributed by atoms with E-state index in [1.165, 1.54) is 77.4 Å². The molecule has 0 aromatic heterocycles. The first-order chi connectivity index (χ1) is 25.3. The molecule has 0 radical (unpaired) electrons. The molecule has 254 valence electrons. The minimum Gasteiger partial charge on any atom is -0.310 e. The van der Waals surface area contributed by atoms with E-state index in [0.29, 0.717) is 0 Å². The molecule has 0 atom stereocenters. The molecule has 52 heavy (non-hydrogen) atoms. The summed E-state index contributed by atoms with van der Waals surface area (Å²) in [6, 6.07) is 58.1. The third-order valence-corrected chi connectivity index (χ3v) is 10.3. The van der Waals surface area contributed by atoms with E-state index in [9.17, 15) is 0 Å². The second-order valence-corrected chi connectivity index (χ2v) is 14.3. The Balaban J connectivity index is 1.38. The molecular weight excluding hydrogens is 629 g/mol. The van der Waals surface area contributed by atoms with Crippen molar-refractivity contribution in [2.75, 3.05) is 9.80 Å². The van der Waals surface area contributed by atoms with Crippen molar-refractivity contribution in [2.45, 2.75) is 41.5 Å². The van der Waals surface area contributed by atoms with E-state index < -0.39 is 0 Å². The van der Waals surface area contributed by atoms with Crippen LogP contribution in [0, 0.1) is 41.5 Å². The van der Waals surface area contributed by atoms with Gasteiger partial charge < -0.3 is 9.80 Å². The summed E-state index contributed by atoms with van der Waals surface area (Å²) >= 11 is 0. The van der Waals surface area contributed by atoms with Crippen molar-refractivity contribution >= 4 is 55.7 Å². The first kappa shape index (κ1) is 33.0. The Labute approximate surface area is 308 Å². The van der Waals surface area contributed by atoms with Crippen molar-refractivity contribution in [1.29, 1.82) is 0 Å². The van der Waals surface area contributed by atoms with Gasteiger partial charge in [-0.25, -0.2) is 0 Å². The lowest BCUT2D eigenvalue weighted by atomic mass is 9.86. The molecule has 2 heteroatoms. The van der Waals surface area contributed by atoms with E-state index in [4.69, 9.17) is 0 Å². The van der Waals surface area contributed by atoms with Crippen LogP contribution in [0.5, 0.6) is 0 Å². The quantitative estimate of drug-likeness (QED) is 0.166. The van der Waals surface area contributed by atoms with Crippen LogP contribution in [0.25, 0.3) is 32.7 Å². The van der Waals surface area contributed by atoms with Crippen LogP contribution >= 0.6 is 0 Å². The van der Waals surface area contributed by atoms with Crippen LogP contribution in [0.3, 0.4) is 0 Å². The molecule has 0 saturated heterocycles. The van der Waals surface area contributed by atoms with Gasteiger partial charge in [-0.2, -0.15) is 0 Å². The SMILES string of the molecule is Cc1ccc(N(c2ccc(C)cc2)c2cc(C)c(-c3c(C)cc(N(c4ccc(C)cc4)c4ccc(C)cc4)c4ccccc34)c3ccccc23)cc1. The van der Waals surface area contributed by atoms with E-state index in [1.54, 1.807) is 0 Å². The molecule has 8 aromatic rings. The number of hydrogen-bond donors (Lipinski definition) is 0. The molecule has 0 aliphatic carbocycles. The molecule has 0 spiro atoms. The highest BCUT2D eigenvalue weighted by Gasteiger charge is 2.23. The maximum absolute atomic E-state index is 2.41.